The standard InChI is InChI=1S/C14H19N5S2/c1-6-10-11-13(18(5)17-10)19(14(20)16-11)8(3)12-7(2)15-9(4)21-12/h8H,6H2,1-5H3,(H,16,20). The van der Waals surface area contributed by atoms with Crippen LogP contribution >= 0.6 is 23.6 Å². The fraction of sp³-hybridized carbons (Fsp3) is 0.500. The molecule has 3 rings (SSSR count). The lowest BCUT2D eigenvalue weighted by Gasteiger charge is -2.13. The topological polar surface area (TPSA) is 51.4 Å². The summed E-state index contributed by atoms with van der Waals surface area (Å²) in [6.45, 7) is 8.38. The molecule has 3 aromatic rings. The summed E-state index contributed by atoms with van der Waals surface area (Å²) in [5.74, 6) is 0. The van der Waals surface area contributed by atoms with Gasteiger partial charge in [-0.3, -0.25) is 9.25 Å². The molecule has 0 amide bonds. The van der Waals surface area contributed by atoms with Gasteiger partial charge in [0.2, 0.25) is 0 Å². The highest BCUT2D eigenvalue weighted by Crippen LogP contribution is 2.31. The van der Waals surface area contributed by atoms with E-state index in [0.717, 1.165) is 38.8 Å². The van der Waals surface area contributed by atoms with Gasteiger partial charge in [0.15, 0.2) is 10.4 Å². The average Bonchev–Trinajstić information content (AvgIpc) is 3.03. The highest BCUT2D eigenvalue weighted by Gasteiger charge is 2.21. The minimum Gasteiger partial charge on any atom is -0.328 e. The maximum Gasteiger partial charge on any atom is 0.179 e. The van der Waals surface area contributed by atoms with Crippen LogP contribution < -0.4 is 0 Å². The number of imidazole rings is 1. The van der Waals surface area contributed by atoms with Gasteiger partial charge < -0.3 is 4.98 Å². The molecule has 0 aliphatic carbocycles. The number of aryl methyl sites for hydroxylation is 4. The number of thiazole rings is 1. The zero-order valence-corrected chi connectivity index (χ0v) is 14.5. The first kappa shape index (κ1) is 14.5. The molecule has 7 heteroatoms. The van der Waals surface area contributed by atoms with E-state index in [0.29, 0.717) is 0 Å². The molecular weight excluding hydrogens is 302 g/mol. The van der Waals surface area contributed by atoms with Crippen LogP contribution in [0.5, 0.6) is 0 Å². The third-order valence-corrected chi connectivity index (χ3v) is 5.35. The number of rotatable bonds is 3. The van der Waals surface area contributed by atoms with E-state index in [1.807, 2.05) is 18.7 Å². The van der Waals surface area contributed by atoms with Gasteiger partial charge in [-0.15, -0.1) is 11.3 Å². The number of aromatic amines is 1. The summed E-state index contributed by atoms with van der Waals surface area (Å²) in [5.41, 5.74) is 4.24. The zero-order chi connectivity index (χ0) is 15.3. The molecule has 0 fully saturated rings. The molecule has 3 aromatic heterocycles. The molecule has 0 saturated carbocycles. The minimum absolute atomic E-state index is 0.151. The van der Waals surface area contributed by atoms with Gasteiger partial charge in [0.1, 0.15) is 5.52 Å². The summed E-state index contributed by atoms with van der Waals surface area (Å²) < 4.78 is 4.81. The highest BCUT2D eigenvalue weighted by atomic mass is 32.1. The Hall–Kier alpha value is -1.47. The average molecular weight is 321 g/mol. The summed E-state index contributed by atoms with van der Waals surface area (Å²) in [5, 5.41) is 5.67. The predicted molar refractivity (Wildman–Crippen MR) is 88.7 cm³/mol. The van der Waals surface area contributed by atoms with E-state index in [1.165, 1.54) is 4.88 Å². The summed E-state index contributed by atoms with van der Waals surface area (Å²) >= 11 is 7.29. The van der Waals surface area contributed by atoms with Crippen molar-refractivity contribution in [2.24, 2.45) is 7.05 Å². The lowest BCUT2D eigenvalue weighted by molar-refractivity contribution is 0.624. The van der Waals surface area contributed by atoms with E-state index in [2.05, 4.69) is 40.4 Å². The smallest absolute Gasteiger partial charge is 0.179 e. The van der Waals surface area contributed by atoms with Crippen LogP contribution in [-0.4, -0.2) is 24.3 Å². The van der Waals surface area contributed by atoms with E-state index in [9.17, 15) is 0 Å². The second-order valence-corrected chi connectivity index (χ2v) is 6.90. The SMILES string of the molecule is CCc1nn(C)c2c1[nH]c(=S)n2C(C)c1sc(C)nc1C. The Morgan fingerprint density at radius 1 is 1.38 bits per heavy atom. The highest BCUT2D eigenvalue weighted by molar-refractivity contribution is 7.71. The minimum atomic E-state index is 0.151. The second-order valence-electron chi connectivity index (χ2n) is 5.28. The molecule has 1 atom stereocenters. The molecule has 1 N–H and O–H groups in total. The number of hydrogen-bond donors (Lipinski definition) is 1. The van der Waals surface area contributed by atoms with Gasteiger partial charge >= 0.3 is 0 Å². The van der Waals surface area contributed by atoms with Crippen molar-refractivity contribution in [3.05, 3.63) is 26.0 Å². The first-order chi connectivity index (χ1) is 9.93. The zero-order valence-electron chi connectivity index (χ0n) is 12.9. The summed E-state index contributed by atoms with van der Waals surface area (Å²) in [6.07, 6.45) is 0.889. The maximum absolute atomic E-state index is 5.55. The van der Waals surface area contributed by atoms with Crippen LogP contribution in [0.2, 0.25) is 0 Å². The Balaban J connectivity index is 2.25. The van der Waals surface area contributed by atoms with Crippen LogP contribution in [0.25, 0.3) is 11.2 Å². The molecule has 1 unspecified atom stereocenters. The lowest BCUT2D eigenvalue weighted by Crippen LogP contribution is -2.09. The van der Waals surface area contributed by atoms with Crippen molar-refractivity contribution in [3.63, 3.8) is 0 Å². The first-order valence-corrected chi connectivity index (χ1v) is 8.26. The lowest BCUT2D eigenvalue weighted by atomic mass is 10.2. The van der Waals surface area contributed by atoms with Crippen molar-refractivity contribution in [3.8, 4) is 0 Å². The predicted octanol–water partition coefficient (Wildman–Crippen LogP) is 3.68. The van der Waals surface area contributed by atoms with Crippen molar-refractivity contribution < 1.29 is 0 Å². The molecular formula is C14H19N5S2. The van der Waals surface area contributed by atoms with Crippen molar-refractivity contribution in [2.75, 3.05) is 0 Å². The van der Waals surface area contributed by atoms with Gasteiger partial charge in [-0.25, -0.2) is 4.98 Å². The first-order valence-electron chi connectivity index (χ1n) is 7.04. The van der Waals surface area contributed by atoms with E-state index in [-0.39, 0.29) is 6.04 Å². The van der Waals surface area contributed by atoms with Crippen molar-refractivity contribution >= 4 is 34.7 Å². The molecule has 0 bridgehead atoms. The molecule has 0 radical (unpaired) electrons. The van der Waals surface area contributed by atoms with Crippen LogP contribution in [0.1, 0.15) is 41.2 Å². The fourth-order valence-electron chi connectivity index (χ4n) is 2.90. The largest absolute Gasteiger partial charge is 0.328 e. The van der Waals surface area contributed by atoms with Crippen LogP contribution in [0.4, 0.5) is 0 Å². The summed E-state index contributed by atoms with van der Waals surface area (Å²) in [7, 11) is 1.97. The number of H-pyrrole nitrogens is 1. The number of fused-ring (bicyclic) bond motifs is 1. The fourth-order valence-corrected chi connectivity index (χ4v) is 4.21. The molecule has 21 heavy (non-hydrogen) atoms. The molecule has 0 spiro atoms. The van der Waals surface area contributed by atoms with Crippen LogP contribution in [0, 0.1) is 18.6 Å². The summed E-state index contributed by atoms with van der Waals surface area (Å²) in [6, 6.07) is 0.151. The van der Waals surface area contributed by atoms with E-state index in [1.54, 1.807) is 11.3 Å². The van der Waals surface area contributed by atoms with Gasteiger partial charge in [0.05, 0.1) is 27.3 Å². The van der Waals surface area contributed by atoms with Gasteiger partial charge in [0, 0.05) is 7.05 Å². The molecule has 5 nitrogen and oxygen atoms in total. The third-order valence-electron chi connectivity index (χ3n) is 3.81. The van der Waals surface area contributed by atoms with Crippen molar-refractivity contribution in [1.82, 2.24) is 24.3 Å². The molecule has 0 saturated heterocycles. The van der Waals surface area contributed by atoms with E-state index >= 15 is 0 Å². The molecule has 0 aliphatic heterocycles. The van der Waals surface area contributed by atoms with Gasteiger partial charge in [-0.2, -0.15) is 5.10 Å². The van der Waals surface area contributed by atoms with Crippen LogP contribution in [0.3, 0.4) is 0 Å². The normalized spacial score (nSPS) is 13.2. The van der Waals surface area contributed by atoms with Gasteiger partial charge in [-0.05, 0) is 39.4 Å². The van der Waals surface area contributed by atoms with Gasteiger partial charge in [0.25, 0.3) is 0 Å². The Morgan fingerprint density at radius 3 is 2.67 bits per heavy atom. The van der Waals surface area contributed by atoms with Crippen LogP contribution in [-0.2, 0) is 13.5 Å². The second kappa shape index (κ2) is 5.06. The number of nitrogens with zero attached hydrogens (tertiary/aromatic N) is 4. The number of hydrogen-bond acceptors (Lipinski definition) is 4. The van der Waals surface area contributed by atoms with E-state index in [4.69, 9.17) is 12.2 Å². The van der Waals surface area contributed by atoms with Gasteiger partial charge in [-0.1, -0.05) is 6.92 Å². The maximum atomic E-state index is 5.55. The molecule has 112 valence electrons. The third kappa shape index (κ3) is 2.15. The Bertz CT molecular complexity index is 864. The Labute approximate surface area is 132 Å². The Kier molecular flexibility index (Phi) is 3.49. The van der Waals surface area contributed by atoms with E-state index < -0.39 is 0 Å². The Morgan fingerprint density at radius 2 is 2.10 bits per heavy atom. The summed E-state index contributed by atoms with van der Waals surface area (Å²) in [4.78, 5) is 9.11. The van der Waals surface area contributed by atoms with Crippen molar-refractivity contribution in [1.29, 1.82) is 0 Å². The molecule has 0 aromatic carbocycles. The number of aromatic nitrogens is 5. The molecule has 0 aliphatic rings. The van der Waals surface area contributed by atoms with Crippen LogP contribution in [0.15, 0.2) is 0 Å². The monoisotopic (exact) mass is 321 g/mol. The molecule has 3 heterocycles. The van der Waals surface area contributed by atoms with Crippen molar-refractivity contribution in [2.45, 2.75) is 40.2 Å². The quantitative estimate of drug-likeness (QED) is 0.749. The number of nitrogens with one attached hydrogen (secondary N) is 1.